The summed E-state index contributed by atoms with van der Waals surface area (Å²) in [6.45, 7) is -1.10. The Labute approximate surface area is 111 Å². The topological polar surface area (TPSA) is 142 Å². The molecule has 0 aliphatic rings. The Balaban J connectivity index is 2.95. The van der Waals surface area contributed by atoms with Crippen LogP contribution in [0.3, 0.4) is 0 Å². The van der Waals surface area contributed by atoms with E-state index in [-0.39, 0.29) is 5.82 Å². The van der Waals surface area contributed by atoms with Gasteiger partial charge in [0.25, 0.3) is 0 Å². The first-order chi connectivity index (χ1) is 9.29. The molecule has 0 aliphatic heterocycles. The maximum atomic E-state index is 12.5. The standard InChI is InChI=1S/C10H15F2N3O5/c11-8(12)4(3-16)6(17)7(18)9(19)15-2-1-5(13)14-10(15)20/h1-2,4,6-9,16-19H,3H2,(H2,13,14,20)/t4-,6+,7?,9+/m0/s1. The summed E-state index contributed by atoms with van der Waals surface area (Å²) in [5.74, 6) is -2.09. The number of nitrogen functional groups attached to an aromatic ring is 1. The van der Waals surface area contributed by atoms with Gasteiger partial charge in [0, 0.05) is 6.20 Å². The molecule has 0 aromatic carbocycles. The summed E-state index contributed by atoms with van der Waals surface area (Å²) < 4.78 is 25.5. The molecule has 0 saturated heterocycles. The fourth-order valence-electron chi connectivity index (χ4n) is 1.56. The molecule has 1 unspecified atom stereocenters. The molecule has 1 rings (SSSR count). The van der Waals surface area contributed by atoms with Crippen molar-refractivity contribution in [2.75, 3.05) is 12.3 Å². The van der Waals surface area contributed by atoms with Crippen molar-refractivity contribution >= 4 is 5.82 Å². The summed E-state index contributed by atoms with van der Waals surface area (Å²) in [5.41, 5.74) is 4.20. The zero-order chi connectivity index (χ0) is 15.4. The number of halogens is 2. The number of alkyl halides is 2. The second kappa shape index (κ2) is 6.70. The van der Waals surface area contributed by atoms with Crippen molar-refractivity contribution in [2.45, 2.75) is 24.9 Å². The quantitative estimate of drug-likeness (QED) is 0.405. The van der Waals surface area contributed by atoms with Crippen LogP contribution in [0, 0.1) is 5.92 Å². The monoisotopic (exact) mass is 295 g/mol. The van der Waals surface area contributed by atoms with Gasteiger partial charge >= 0.3 is 5.69 Å². The average molecular weight is 295 g/mol. The van der Waals surface area contributed by atoms with Gasteiger partial charge in [-0.2, -0.15) is 4.98 Å². The van der Waals surface area contributed by atoms with Crippen LogP contribution < -0.4 is 11.4 Å². The molecule has 10 heteroatoms. The van der Waals surface area contributed by atoms with Crippen molar-refractivity contribution in [3.05, 3.63) is 22.7 Å². The maximum Gasteiger partial charge on any atom is 0.351 e. The SMILES string of the molecule is Nc1ccn([C@H](O)C(O)[C@H](O)[C@H](CO)C(F)F)c(=O)n1. The molecule has 1 aromatic rings. The van der Waals surface area contributed by atoms with E-state index < -0.39 is 43.1 Å². The minimum absolute atomic E-state index is 0.130. The lowest BCUT2D eigenvalue weighted by molar-refractivity contribution is -0.139. The van der Waals surface area contributed by atoms with Crippen LogP contribution in [0.25, 0.3) is 0 Å². The number of rotatable bonds is 6. The van der Waals surface area contributed by atoms with E-state index in [0.29, 0.717) is 4.57 Å². The first-order valence-corrected chi connectivity index (χ1v) is 5.57. The van der Waals surface area contributed by atoms with E-state index >= 15 is 0 Å². The normalized spacial score (nSPS) is 17.8. The molecule has 6 N–H and O–H groups in total. The minimum Gasteiger partial charge on any atom is -0.396 e. The molecule has 114 valence electrons. The Morgan fingerprint density at radius 2 is 1.90 bits per heavy atom. The van der Waals surface area contributed by atoms with Crippen LogP contribution >= 0.6 is 0 Å². The third-order valence-electron chi connectivity index (χ3n) is 2.77. The van der Waals surface area contributed by atoms with E-state index in [0.717, 1.165) is 12.3 Å². The highest BCUT2D eigenvalue weighted by molar-refractivity contribution is 5.23. The predicted molar refractivity (Wildman–Crippen MR) is 62.8 cm³/mol. The van der Waals surface area contributed by atoms with Crippen molar-refractivity contribution in [1.82, 2.24) is 9.55 Å². The Bertz CT molecular complexity index is 498. The van der Waals surface area contributed by atoms with Crippen molar-refractivity contribution in [3.8, 4) is 0 Å². The number of nitrogens with two attached hydrogens (primary N) is 1. The van der Waals surface area contributed by atoms with Crippen molar-refractivity contribution in [2.24, 2.45) is 5.92 Å². The molecule has 20 heavy (non-hydrogen) atoms. The van der Waals surface area contributed by atoms with Crippen LogP contribution in [-0.2, 0) is 0 Å². The number of aromatic nitrogens is 2. The Kier molecular flexibility index (Phi) is 5.51. The highest BCUT2D eigenvalue weighted by Crippen LogP contribution is 2.21. The molecule has 0 saturated carbocycles. The molecule has 0 fully saturated rings. The van der Waals surface area contributed by atoms with Gasteiger partial charge in [0.1, 0.15) is 11.9 Å². The lowest BCUT2D eigenvalue weighted by Crippen LogP contribution is -2.45. The second-order valence-electron chi connectivity index (χ2n) is 4.12. The van der Waals surface area contributed by atoms with Gasteiger partial charge in [-0.3, -0.25) is 4.57 Å². The van der Waals surface area contributed by atoms with E-state index in [1.807, 2.05) is 0 Å². The summed E-state index contributed by atoms with van der Waals surface area (Å²) in [6, 6.07) is 1.14. The number of hydrogen-bond acceptors (Lipinski definition) is 7. The summed E-state index contributed by atoms with van der Waals surface area (Å²) >= 11 is 0. The van der Waals surface area contributed by atoms with Crippen LogP contribution in [0.2, 0.25) is 0 Å². The molecule has 4 atom stereocenters. The number of nitrogens with zero attached hydrogens (tertiary/aromatic N) is 2. The molecule has 0 aliphatic carbocycles. The lowest BCUT2D eigenvalue weighted by atomic mass is 9.98. The van der Waals surface area contributed by atoms with Crippen molar-refractivity contribution in [1.29, 1.82) is 0 Å². The fraction of sp³-hybridized carbons (Fsp3) is 0.600. The Hall–Kier alpha value is -1.62. The Morgan fingerprint density at radius 3 is 2.35 bits per heavy atom. The maximum absolute atomic E-state index is 12.5. The van der Waals surface area contributed by atoms with E-state index in [4.69, 9.17) is 10.8 Å². The van der Waals surface area contributed by atoms with Gasteiger partial charge in [0.15, 0.2) is 6.23 Å². The highest BCUT2D eigenvalue weighted by Gasteiger charge is 2.37. The Morgan fingerprint density at radius 1 is 1.30 bits per heavy atom. The predicted octanol–water partition coefficient (Wildman–Crippen LogP) is -2.09. The van der Waals surface area contributed by atoms with Gasteiger partial charge in [-0.1, -0.05) is 0 Å². The fourth-order valence-corrected chi connectivity index (χ4v) is 1.56. The zero-order valence-electron chi connectivity index (χ0n) is 10.2. The molecule has 1 aromatic heterocycles. The number of aliphatic hydroxyl groups is 4. The molecule has 0 amide bonds. The van der Waals surface area contributed by atoms with Crippen molar-refractivity contribution < 1.29 is 29.2 Å². The first-order valence-electron chi connectivity index (χ1n) is 5.57. The second-order valence-corrected chi connectivity index (χ2v) is 4.12. The largest absolute Gasteiger partial charge is 0.396 e. The molecule has 8 nitrogen and oxygen atoms in total. The van der Waals surface area contributed by atoms with E-state index in [1.165, 1.54) is 0 Å². The smallest absolute Gasteiger partial charge is 0.351 e. The molecule has 0 spiro atoms. The average Bonchev–Trinajstić information content (AvgIpc) is 2.37. The number of anilines is 1. The van der Waals surface area contributed by atoms with Crippen LogP contribution in [0.4, 0.5) is 14.6 Å². The highest BCUT2D eigenvalue weighted by atomic mass is 19.3. The molecule has 0 bridgehead atoms. The van der Waals surface area contributed by atoms with Gasteiger partial charge in [0.2, 0.25) is 6.43 Å². The number of hydrogen-bond donors (Lipinski definition) is 5. The van der Waals surface area contributed by atoms with Gasteiger partial charge < -0.3 is 26.2 Å². The first kappa shape index (κ1) is 16.4. The van der Waals surface area contributed by atoms with E-state index in [9.17, 15) is 28.9 Å². The van der Waals surface area contributed by atoms with E-state index in [2.05, 4.69) is 4.98 Å². The number of aliphatic hydroxyl groups excluding tert-OH is 4. The summed E-state index contributed by atoms with van der Waals surface area (Å²) in [7, 11) is 0. The van der Waals surface area contributed by atoms with Gasteiger partial charge in [-0.15, -0.1) is 0 Å². The third kappa shape index (κ3) is 3.48. The molecule has 0 radical (unpaired) electrons. The molecular formula is C10H15F2N3O5. The van der Waals surface area contributed by atoms with Crippen LogP contribution in [0.5, 0.6) is 0 Å². The third-order valence-corrected chi connectivity index (χ3v) is 2.77. The van der Waals surface area contributed by atoms with Gasteiger partial charge in [0.05, 0.1) is 18.6 Å². The van der Waals surface area contributed by atoms with Gasteiger partial charge in [-0.25, -0.2) is 13.6 Å². The molecule has 1 heterocycles. The van der Waals surface area contributed by atoms with E-state index in [1.54, 1.807) is 0 Å². The summed E-state index contributed by atoms with van der Waals surface area (Å²) in [6.07, 6.45) is -8.40. The molecular weight excluding hydrogens is 280 g/mol. The van der Waals surface area contributed by atoms with Crippen molar-refractivity contribution in [3.63, 3.8) is 0 Å². The summed E-state index contributed by atoms with van der Waals surface area (Å²) in [4.78, 5) is 14.7. The van der Waals surface area contributed by atoms with Crippen LogP contribution in [0.1, 0.15) is 6.23 Å². The summed E-state index contributed by atoms with van der Waals surface area (Å²) in [5, 5.41) is 37.6. The van der Waals surface area contributed by atoms with Gasteiger partial charge in [-0.05, 0) is 6.07 Å². The lowest BCUT2D eigenvalue weighted by Gasteiger charge is -2.28. The van der Waals surface area contributed by atoms with Crippen LogP contribution in [-0.4, -0.2) is 55.2 Å². The minimum atomic E-state index is -3.11. The van der Waals surface area contributed by atoms with Crippen LogP contribution in [0.15, 0.2) is 17.1 Å². The zero-order valence-corrected chi connectivity index (χ0v) is 10.2.